The van der Waals surface area contributed by atoms with Gasteiger partial charge in [-0.3, -0.25) is 9.59 Å². The highest BCUT2D eigenvalue weighted by Gasteiger charge is 2.19. The molecule has 3 aromatic carbocycles. The van der Waals surface area contributed by atoms with Gasteiger partial charge in [0, 0.05) is 5.69 Å². The van der Waals surface area contributed by atoms with Gasteiger partial charge in [0.15, 0.2) is 6.61 Å². The molecule has 8 heteroatoms. The molecule has 0 heterocycles. The zero-order valence-electron chi connectivity index (χ0n) is 15.2. The zero-order chi connectivity index (χ0) is 20.7. The second-order valence-electron chi connectivity index (χ2n) is 5.95. The number of carbonyl (C=O) groups is 2. The molecular formula is C21H18N2O5S. The van der Waals surface area contributed by atoms with Crippen molar-refractivity contribution in [3.8, 4) is 5.75 Å². The number of carbonyl (C=O) groups excluding carboxylic acids is 2. The van der Waals surface area contributed by atoms with E-state index in [1.54, 1.807) is 60.7 Å². The molecule has 0 saturated heterocycles. The van der Waals surface area contributed by atoms with Gasteiger partial charge in [0.2, 0.25) is 0 Å². The smallest absolute Gasteiger partial charge is 0.271 e. The lowest BCUT2D eigenvalue weighted by atomic mass is 10.2. The Balaban J connectivity index is 1.65. The Labute approximate surface area is 168 Å². The van der Waals surface area contributed by atoms with E-state index in [-0.39, 0.29) is 16.2 Å². The Morgan fingerprint density at radius 2 is 1.38 bits per heavy atom. The molecule has 0 atom stereocenters. The number of para-hydroxylation sites is 2. The first-order chi connectivity index (χ1) is 14.0. The fourth-order valence-corrected chi connectivity index (χ4v) is 3.47. The Morgan fingerprint density at radius 3 is 2.07 bits per heavy atom. The highest BCUT2D eigenvalue weighted by molar-refractivity contribution is 7.90. The van der Waals surface area contributed by atoms with E-state index in [1.165, 1.54) is 18.2 Å². The number of sulfonamides is 1. The molecule has 0 radical (unpaired) electrons. The molecule has 0 aliphatic heterocycles. The van der Waals surface area contributed by atoms with Crippen molar-refractivity contribution in [3.05, 3.63) is 90.5 Å². The summed E-state index contributed by atoms with van der Waals surface area (Å²) in [6, 6.07) is 22.8. The Kier molecular flexibility index (Phi) is 6.25. The predicted molar refractivity (Wildman–Crippen MR) is 108 cm³/mol. The maximum Gasteiger partial charge on any atom is 0.271 e. The van der Waals surface area contributed by atoms with E-state index in [0.717, 1.165) is 0 Å². The van der Waals surface area contributed by atoms with Gasteiger partial charge in [0.1, 0.15) is 5.75 Å². The van der Waals surface area contributed by atoms with Crippen molar-refractivity contribution in [3.63, 3.8) is 0 Å². The molecule has 0 aromatic heterocycles. The molecule has 0 bridgehead atoms. The molecule has 0 saturated carbocycles. The minimum atomic E-state index is -3.99. The molecule has 2 N–H and O–H groups in total. The van der Waals surface area contributed by atoms with E-state index in [1.807, 2.05) is 10.8 Å². The largest absolute Gasteiger partial charge is 0.483 e. The van der Waals surface area contributed by atoms with Crippen LogP contribution in [0.5, 0.6) is 5.75 Å². The number of nitrogens with one attached hydrogen (secondary N) is 2. The molecule has 0 unspecified atom stereocenters. The summed E-state index contributed by atoms with van der Waals surface area (Å²) in [6.45, 7) is -0.568. The molecule has 148 valence electrons. The average Bonchev–Trinajstić information content (AvgIpc) is 2.73. The Morgan fingerprint density at radius 1 is 0.793 bits per heavy atom. The number of rotatable bonds is 7. The van der Waals surface area contributed by atoms with Gasteiger partial charge in [-0.25, -0.2) is 13.1 Å². The van der Waals surface area contributed by atoms with Crippen molar-refractivity contribution in [1.29, 1.82) is 0 Å². The van der Waals surface area contributed by atoms with E-state index in [0.29, 0.717) is 5.69 Å². The number of ether oxygens (including phenoxy) is 1. The lowest BCUT2D eigenvalue weighted by Gasteiger charge is -2.12. The van der Waals surface area contributed by atoms with Crippen LogP contribution in [0.15, 0.2) is 89.8 Å². The Hall–Kier alpha value is -3.65. The highest BCUT2D eigenvalue weighted by Crippen LogP contribution is 2.20. The summed E-state index contributed by atoms with van der Waals surface area (Å²) in [5, 5.41) is 2.73. The number of hydrogen-bond donors (Lipinski definition) is 2. The van der Waals surface area contributed by atoms with Crippen molar-refractivity contribution >= 4 is 27.5 Å². The number of amides is 2. The van der Waals surface area contributed by atoms with Crippen molar-refractivity contribution in [2.24, 2.45) is 0 Å². The molecule has 29 heavy (non-hydrogen) atoms. The summed E-state index contributed by atoms with van der Waals surface area (Å²) in [5.41, 5.74) is 0.828. The van der Waals surface area contributed by atoms with E-state index in [2.05, 4.69) is 5.32 Å². The maximum atomic E-state index is 12.5. The third-order valence-electron chi connectivity index (χ3n) is 3.82. The van der Waals surface area contributed by atoms with Crippen LogP contribution in [0.1, 0.15) is 10.4 Å². The van der Waals surface area contributed by atoms with Crippen LogP contribution >= 0.6 is 0 Å². The first kappa shape index (κ1) is 20.1. The quantitative estimate of drug-likeness (QED) is 0.624. The standard InChI is InChI=1S/C21H18N2O5S/c24-20(23-29(26,27)17-11-5-2-6-12-17)15-28-19-14-8-7-13-18(19)21(25)22-16-9-3-1-4-10-16/h1-14H,15H2,(H,22,25)(H,23,24). The zero-order valence-corrected chi connectivity index (χ0v) is 16.1. The molecule has 0 aliphatic carbocycles. The van der Waals surface area contributed by atoms with E-state index >= 15 is 0 Å². The first-order valence-corrected chi connectivity index (χ1v) is 10.1. The van der Waals surface area contributed by atoms with Crippen LogP contribution in [0.25, 0.3) is 0 Å². The maximum absolute atomic E-state index is 12.5. The van der Waals surface area contributed by atoms with Gasteiger partial charge >= 0.3 is 0 Å². The van der Waals surface area contributed by atoms with E-state index < -0.39 is 28.4 Å². The van der Waals surface area contributed by atoms with Crippen LogP contribution in [-0.4, -0.2) is 26.8 Å². The van der Waals surface area contributed by atoms with Gasteiger partial charge in [0.05, 0.1) is 10.5 Å². The van der Waals surface area contributed by atoms with Gasteiger partial charge in [-0.05, 0) is 36.4 Å². The average molecular weight is 410 g/mol. The summed E-state index contributed by atoms with van der Waals surface area (Å²) in [7, 11) is -3.99. The van der Waals surface area contributed by atoms with Crippen LogP contribution in [-0.2, 0) is 14.8 Å². The molecule has 0 fully saturated rings. The van der Waals surface area contributed by atoms with Crippen molar-refractivity contribution in [2.45, 2.75) is 4.90 Å². The van der Waals surface area contributed by atoms with Crippen LogP contribution in [0.4, 0.5) is 5.69 Å². The van der Waals surface area contributed by atoms with Gasteiger partial charge in [0.25, 0.3) is 21.8 Å². The number of benzene rings is 3. The fraction of sp³-hybridized carbons (Fsp3) is 0.0476. The first-order valence-electron chi connectivity index (χ1n) is 8.64. The summed E-state index contributed by atoms with van der Waals surface area (Å²) in [4.78, 5) is 24.5. The molecule has 3 aromatic rings. The van der Waals surface area contributed by atoms with Gasteiger partial charge in [-0.15, -0.1) is 0 Å². The predicted octanol–water partition coefficient (Wildman–Crippen LogP) is 2.82. The minimum Gasteiger partial charge on any atom is -0.483 e. The monoisotopic (exact) mass is 410 g/mol. The van der Waals surface area contributed by atoms with Crippen molar-refractivity contribution < 1.29 is 22.7 Å². The van der Waals surface area contributed by atoms with Crippen LogP contribution in [0, 0.1) is 0 Å². The summed E-state index contributed by atoms with van der Waals surface area (Å²) in [5.74, 6) is -1.11. The van der Waals surface area contributed by atoms with Gasteiger partial charge in [-0.1, -0.05) is 48.5 Å². The third kappa shape index (κ3) is 5.43. The summed E-state index contributed by atoms with van der Waals surface area (Å²) in [6.07, 6.45) is 0. The molecule has 0 aliphatic rings. The van der Waals surface area contributed by atoms with Gasteiger partial charge in [-0.2, -0.15) is 0 Å². The topological polar surface area (TPSA) is 102 Å². The molecular weight excluding hydrogens is 392 g/mol. The summed E-state index contributed by atoms with van der Waals surface area (Å²) < 4.78 is 31.7. The Bertz CT molecular complexity index is 1100. The van der Waals surface area contributed by atoms with Crippen molar-refractivity contribution in [1.82, 2.24) is 4.72 Å². The number of hydrogen-bond acceptors (Lipinski definition) is 5. The molecule has 3 rings (SSSR count). The number of anilines is 1. The summed E-state index contributed by atoms with van der Waals surface area (Å²) >= 11 is 0. The van der Waals surface area contributed by atoms with Crippen molar-refractivity contribution in [2.75, 3.05) is 11.9 Å². The second kappa shape index (κ2) is 9.03. The van der Waals surface area contributed by atoms with Crippen LogP contribution in [0.2, 0.25) is 0 Å². The van der Waals surface area contributed by atoms with E-state index in [9.17, 15) is 18.0 Å². The van der Waals surface area contributed by atoms with Crippen LogP contribution < -0.4 is 14.8 Å². The minimum absolute atomic E-state index is 0.0315. The highest BCUT2D eigenvalue weighted by atomic mass is 32.2. The third-order valence-corrected chi connectivity index (χ3v) is 5.21. The lowest BCUT2D eigenvalue weighted by Crippen LogP contribution is -2.34. The fourth-order valence-electron chi connectivity index (χ4n) is 2.48. The lowest BCUT2D eigenvalue weighted by molar-refractivity contribution is -0.121. The van der Waals surface area contributed by atoms with Crippen LogP contribution in [0.3, 0.4) is 0 Å². The molecule has 0 spiro atoms. The van der Waals surface area contributed by atoms with Gasteiger partial charge < -0.3 is 10.1 Å². The van der Waals surface area contributed by atoms with E-state index in [4.69, 9.17) is 4.74 Å². The SMILES string of the molecule is O=C(COc1ccccc1C(=O)Nc1ccccc1)NS(=O)(=O)c1ccccc1. The molecule has 7 nitrogen and oxygen atoms in total. The normalized spacial score (nSPS) is 10.8. The molecule has 2 amide bonds. The second-order valence-corrected chi connectivity index (χ2v) is 7.63.